The van der Waals surface area contributed by atoms with Crippen LogP contribution in [0, 0.1) is 0 Å². The van der Waals surface area contributed by atoms with Crippen molar-refractivity contribution in [3.05, 3.63) is 94.5 Å². The van der Waals surface area contributed by atoms with Crippen LogP contribution >= 0.6 is 11.6 Å². The summed E-state index contributed by atoms with van der Waals surface area (Å²) in [5.41, 5.74) is 3.86. The Hall–Kier alpha value is -2.47. The molecule has 0 amide bonds. The minimum atomic E-state index is -3.53. The Bertz CT molecular complexity index is 1130. The maximum Gasteiger partial charge on any atom is 0.243 e. The van der Waals surface area contributed by atoms with Crippen LogP contribution in [0.15, 0.2) is 82.7 Å². The number of nitrogens with zero attached hydrogens (tertiary/aromatic N) is 2. The van der Waals surface area contributed by atoms with Gasteiger partial charge in [0.05, 0.1) is 10.6 Å². The third kappa shape index (κ3) is 4.02. The average molecular weight is 411 g/mol. The zero-order valence-electron chi connectivity index (χ0n) is 15.1. The van der Waals surface area contributed by atoms with E-state index in [0.29, 0.717) is 23.8 Å². The SMILES string of the molecule is O=S(=O)(c1ccc(N=Cc2cccc(Cl)c2)cc1)N1CCc2ccccc2C1. The lowest BCUT2D eigenvalue weighted by Gasteiger charge is -2.28. The van der Waals surface area contributed by atoms with Crippen molar-refractivity contribution in [1.29, 1.82) is 0 Å². The van der Waals surface area contributed by atoms with E-state index < -0.39 is 10.0 Å². The van der Waals surface area contributed by atoms with Crippen molar-refractivity contribution < 1.29 is 8.42 Å². The topological polar surface area (TPSA) is 49.7 Å². The largest absolute Gasteiger partial charge is 0.256 e. The van der Waals surface area contributed by atoms with E-state index in [1.165, 1.54) is 5.56 Å². The van der Waals surface area contributed by atoms with Crippen LogP contribution in [0.1, 0.15) is 16.7 Å². The van der Waals surface area contributed by atoms with Gasteiger partial charge in [-0.2, -0.15) is 4.31 Å². The highest BCUT2D eigenvalue weighted by Gasteiger charge is 2.27. The first-order valence-corrected chi connectivity index (χ1v) is 10.8. The van der Waals surface area contributed by atoms with E-state index in [1.807, 2.05) is 36.4 Å². The molecule has 142 valence electrons. The van der Waals surface area contributed by atoms with Crippen molar-refractivity contribution >= 4 is 33.5 Å². The van der Waals surface area contributed by atoms with Gasteiger partial charge in [0.15, 0.2) is 0 Å². The van der Waals surface area contributed by atoms with Crippen molar-refractivity contribution in [2.24, 2.45) is 4.99 Å². The molecular weight excluding hydrogens is 392 g/mol. The van der Waals surface area contributed by atoms with Crippen molar-refractivity contribution in [3.8, 4) is 0 Å². The van der Waals surface area contributed by atoms with Crippen LogP contribution in [-0.4, -0.2) is 25.5 Å². The van der Waals surface area contributed by atoms with Crippen LogP contribution in [0.2, 0.25) is 5.02 Å². The van der Waals surface area contributed by atoms with E-state index in [4.69, 9.17) is 11.6 Å². The minimum Gasteiger partial charge on any atom is -0.256 e. The van der Waals surface area contributed by atoms with Gasteiger partial charge in [-0.25, -0.2) is 8.42 Å². The molecule has 0 fully saturated rings. The van der Waals surface area contributed by atoms with E-state index in [2.05, 4.69) is 11.1 Å². The summed E-state index contributed by atoms with van der Waals surface area (Å²) in [6, 6.07) is 22.0. The average Bonchev–Trinajstić information content (AvgIpc) is 2.72. The molecule has 0 bridgehead atoms. The monoisotopic (exact) mass is 410 g/mol. The lowest BCUT2D eigenvalue weighted by molar-refractivity contribution is 0.391. The summed E-state index contributed by atoms with van der Waals surface area (Å²) in [5, 5.41) is 0.647. The van der Waals surface area contributed by atoms with Gasteiger partial charge in [-0.15, -0.1) is 0 Å². The molecular formula is C22H19ClN2O2S. The van der Waals surface area contributed by atoms with E-state index in [1.54, 1.807) is 40.9 Å². The molecule has 4 nitrogen and oxygen atoms in total. The summed E-state index contributed by atoms with van der Waals surface area (Å²) in [6.07, 6.45) is 2.44. The minimum absolute atomic E-state index is 0.286. The zero-order chi connectivity index (χ0) is 19.6. The molecule has 0 aromatic heterocycles. The third-order valence-corrected chi connectivity index (χ3v) is 6.88. The normalized spacial score (nSPS) is 14.9. The lowest BCUT2D eigenvalue weighted by atomic mass is 10.0. The molecule has 3 aromatic carbocycles. The second-order valence-corrected chi connectivity index (χ2v) is 9.04. The first kappa shape index (κ1) is 18.9. The number of sulfonamides is 1. The molecule has 0 spiro atoms. The van der Waals surface area contributed by atoms with Gasteiger partial charge in [-0.1, -0.05) is 48.0 Å². The fourth-order valence-corrected chi connectivity index (χ4v) is 4.88. The van der Waals surface area contributed by atoms with Gasteiger partial charge in [0, 0.05) is 24.3 Å². The first-order valence-electron chi connectivity index (χ1n) is 8.99. The number of rotatable bonds is 4. The van der Waals surface area contributed by atoms with E-state index in [9.17, 15) is 8.42 Å². The van der Waals surface area contributed by atoms with Crippen LogP contribution in [0.25, 0.3) is 0 Å². The Labute approximate surface area is 170 Å². The summed E-state index contributed by atoms with van der Waals surface area (Å²) in [7, 11) is -3.53. The summed E-state index contributed by atoms with van der Waals surface area (Å²) in [6.45, 7) is 0.904. The fourth-order valence-electron chi connectivity index (χ4n) is 3.26. The van der Waals surface area contributed by atoms with E-state index >= 15 is 0 Å². The lowest BCUT2D eigenvalue weighted by Crippen LogP contribution is -2.35. The third-order valence-electron chi connectivity index (χ3n) is 4.78. The van der Waals surface area contributed by atoms with Gasteiger partial charge in [0.25, 0.3) is 0 Å². The number of halogens is 1. The van der Waals surface area contributed by atoms with Crippen molar-refractivity contribution in [3.63, 3.8) is 0 Å². The van der Waals surface area contributed by atoms with Crippen LogP contribution in [0.3, 0.4) is 0 Å². The van der Waals surface area contributed by atoms with Crippen molar-refractivity contribution in [2.45, 2.75) is 17.9 Å². The van der Waals surface area contributed by atoms with Gasteiger partial charge in [0.2, 0.25) is 10.0 Å². The van der Waals surface area contributed by atoms with Crippen LogP contribution in [0.4, 0.5) is 5.69 Å². The number of hydrogen-bond acceptors (Lipinski definition) is 3. The molecule has 0 radical (unpaired) electrons. The predicted octanol–water partition coefficient (Wildman–Crippen LogP) is 4.84. The maximum absolute atomic E-state index is 13.0. The van der Waals surface area contributed by atoms with E-state index in [-0.39, 0.29) is 4.90 Å². The molecule has 1 aliphatic heterocycles. The number of benzene rings is 3. The molecule has 3 aromatic rings. The number of aliphatic imine (C=N–C) groups is 1. The second kappa shape index (κ2) is 7.87. The summed E-state index contributed by atoms with van der Waals surface area (Å²) < 4.78 is 27.5. The Morgan fingerprint density at radius 2 is 1.68 bits per heavy atom. The van der Waals surface area contributed by atoms with Gasteiger partial charge in [-0.05, 0) is 59.5 Å². The quantitative estimate of drug-likeness (QED) is 0.578. The second-order valence-electron chi connectivity index (χ2n) is 6.66. The van der Waals surface area contributed by atoms with Crippen molar-refractivity contribution in [1.82, 2.24) is 4.31 Å². The van der Waals surface area contributed by atoms with Crippen molar-refractivity contribution in [2.75, 3.05) is 6.54 Å². The molecule has 0 N–H and O–H groups in total. The molecule has 28 heavy (non-hydrogen) atoms. The van der Waals surface area contributed by atoms with Gasteiger partial charge < -0.3 is 0 Å². The number of fused-ring (bicyclic) bond motifs is 1. The predicted molar refractivity (Wildman–Crippen MR) is 113 cm³/mol. The van der Waals surface area contributed by atoms with Gasteiger partial charge >= 0.3 is 0 Å². The Morgan fingerprint density at radius 3 is 2.43 bits per heavy atom. The van der Waals surface area contributed by atoms with Crippen LogP contribution < -0.4 is 0 Å². The Kier molecular flexibility index (Phi) is 5.31. The van der Waals surface area contributed by atoms with E-state index in [0.717, 1.165) is 17.5 Å². The number of hydrogen-bond donors (Lipinski definition) is 0. The van der Waals surface area contributed by atoms with Crippen LogP contribution in [0.5, 0.6) is 0 Å². The molecule has 1 heterocycles. The summed E-state index contributed by atoms with van der Waals surface area (Å²) in [5.74, 6) is 0. The molecule has 0 atom stereocenters. The van der Waals surface area contributed by atoms with Crippen LogP contribution in [-0.2, 0) is 23.0 Å². The Balaban J connectivity index is 1.52. The molecule has 0 saturated heterocycles. The Morgan fingerprint density at radius 1 is 0.929 bits per heavy atom. The molecule has 6 heteroatoms. The zero-order valence-corrected chi connectivity index (χ0v) is 16.7. The molecule has 1 aliphatic rings. The van der Waals surface area contributed by atoms with Gasteiger partial charge in [0.1, 0.15) is 0 Å². The molecule has 0 aliphatic carbocycles. The standard InChI is InChI=1S/C22H19ClN2O2S/c23-20-7-3-4-17(14-20)15-24-21-8-10-22(11-9-21)28(26,27)25-13-12-18-5-1-2-6-19(18)16-25/h1-11,14-15H,12-13,16H2. The van der Waals surface area contributed by atoms with Gasteiger partial charge in [-0.3, -0.25) is 4.99 Å². The highest BCUT2D eigenvalue weighted by molar-refractivity contribution is 7.89. The summed E-state index contributed by atoms with van der Waals surface area (Å²) in [4.78, 5) is 4.68. The maximum atomic E-state index is 13.0. The smallest absolute Gasteiger partial charge is 0.243 e. The fraction of sp³-hybridized carbons (Fsp3) is 0.136. The molecule has 0 unspecified atom stereocenters. The first-order chi connectivity index (χ1) is 13.5. The highest BCUT2D eigenvalue weighted by atomic mass is 35.5. The molecule has 0 saturated carbocycles. The molecule has 4 rings (SSSR count). The highest BCUT2D eigenvalue weighted by Crippen LogP contribution is 2.26. The summed E-state index contributed by atoms with van der Waals surface area (Å²) >= 11 is 5.97.